The summed E-state index contributed by atoms with van der Waals surface area (Å²) in [6, 6.07) is 14.5. The maximum atomic E-state index is 12.9. The van der Waals surface area contributed by atoms with Gasteiger partial charge in [0.1, 0.15) is 5.75 Å². The van der Waals surface area contributed by atoms with Crippen LogP contribution in [0.5, 0.6) is 5.75 Å². The number of thioether (sulfide) groups is 1. The van der Waals surface area contributed by atoms with Crippen LogP contribution in [0.3, 0.4) is 0 Å². The van der Waals surface area contributed by atoms with Crippen LogP contribution in [-0.4, -0.2) is 22.7 Å². The van der Waals surface area contributed by atoms with Crippen LogP contribution >= 0.6 is 23.1 Å². The van der Waals surface area contributed by atoms with Gasteiger partial charge in [-0.15, -0.1) is 10.2 Å². The van der Waals surface area contributed by atoms with Crippen molar-refractivity contribution in [3.05, 3.63) is 65.7 Å². The number of para-hydroxylation sites is 1. The molecular weight excluding hydrogens is 411 g/mol. The molecule has 0 unspecified atom stereocenters. The number of amides is 1. The second-order valence-corrected chi connectivity index (χ2v) is 7.68. The maximum Gasteiger partial charge on any atom is 0.419 e. The normalized spacial score (nSPS) is 11.2. The Morgan fingerprint density at radius 1 is 1.07 bits per heavy atom. The van der Waals surface area contributed by atoms with Crippen molar-refractivity contribution in [3.63, 3.8) is 0 Å². The van der Waals surface area contributed by atoms with Crippen molar-refractivity contribution in [2.24, 2.45) is 0 Å². The summed E-state index contributed by atoms with van der Waals surface area (Å²) in [4.78, 5) is 12.0. The summed E-state index contributed by atoms with van der Waals surface area (Å²) in [6.07, 6.45) is -4.56. The number of nitrogens with zero attached hydrogens (tertiary/aromatic N) is 2. The molecule has 0 aliphatic carbocycles. The molecule has 1 aromatic heterocycles. The molecule has 3 aromatic rings. The summed E-state index contributed by atoms with van der Waals surface area (Å²) >= 11 is 2.66. The topological polar surface area (TPSA) is 64.1 Å². The molecule has 10 heteroatoms. The van der Waals surface area contributed by atoms with E-state index >= 15 is 0 Å². The molecule has 0 aliphatic heterocycles. The molecule has 1 heterocycles. The van der Waals surface area contributed by atoms with Crippen molar-refractivity contribution < 1.29 is 22.7 Å². The van der Waals surface area contributed by atoms with Crippen molar-refractivity contribution in [2.45, 2.75) is 16.3 Å². The number of rotatable bonds is 7. The standard InChI is InChI=1S/C18H14F3N3O2S2/c19-18(20,21)13-8-4-5-9-14(13)26-10-15(25)22-16-23-24-17(28-16)27-11-12-6-2-1-3-7-12/h1-9H,10-11H2,(H,22,23,25). The number of benzene rings is 2. The van der Waals surface area contributed by atoms with Gasteiger partial charge in [0.25, 0.3) is 5.91 Å². The number of alkyl halides is 3. The Kier molecular flexibility index (Phi) is 6.53. The molecule has 0 spiro atoms. The molecule has 5 nitrogen and oxygen atoms in total. The van der Waals surface area contributed by atoms with Crippen LogP contribution in [0.1, 0.15) is 11.1 Å². The highest BCUT2D eigenvalue weighted by atomic mass is 32.2. The molecule has 0 radical (unpaired) electrons. The third-order valence-electron chi connectivity index (χ3n) is 3.41. The summed E-state index contributed by atoms with van der Waals surface area (Å²) in [5.74, 6) is -0.310. The van der Waals surface area contributed by atoms with Gasteiger partial charge in [0.2, 0.25) is 5.13 Å². The molecule has 0 fully saturated rings. The molecule has 3 rings (SSSR count). The van der Waals surface area contributed by atoms with Gasteiger partial charge in [-0.2, -0.15) is 13.2 Å². The summed E-state index contributed by atoms with van der Waals surface area (Å²) in [6.45, 7) is -0.570. The number of anilines is 1. The lowest BCUT2D eigenvalue weighted by Gasteiger charge is -2.13. The SMILES string of the molecule is O=C(COc1ccccc1C(F)(F)F)Nc1nnc(SCc2ccccc2)s1. The monoisotopic (exact) mass is 425 g/mol. The van der Waals surface area contributed by atoms with E-state index in [1.165, 1.54) is 41.3 Å². The number of aromatic nitrogens is 2. The largest absolute Gasteiger partial charge is 0.483 e. The Balaban J connectivity index is 1.51. The Morgan fingerprint density at radius 3 is 2.54 bits per heavy atom. The Labute approximate surface area is 166 Å². The molecule has 0 atom stereocenters. The predicted octanol–water partition coefficient (Wildman–Crippen LogP) is 4.87. The minimum atomic E-state index is -4.56. The average molecular weight is 425 g/mol. The van der Waals surface area contributed by atoms with Crippen LogP contribution in [0.4, 0.5) is 18.3 Å². The first-order valence-corrected chi connectivity index (χ1v) is 9.81. The quantitative estimate of drug-likeness (QED) is 0.432. The molecule has 0 saturated carbocycles. The van der Waals surface area contributed by atoms with E-state index in [0.717, 1.165) is 11.6 Å². The molecule has 28 heavy (non-hydrogen) atoms. The first kappa shape index (κ1) is 20.2. The molecule has 1 amide bonds. The Hall–Kier alpha value is -2.59. The van der Waals surface area contributed by atoms with Gasteiger partial charge >= 0.3 is 6.18 Å². The number of carbonyl (C=O) groups is 1. The average Bonchev–Trinajstić information content (AvgIpc) is 3.12. The molecular formula is C18H14F3N3O2S2. The van der Waals surface area contributed by atoms with Crippen LogP contribution in [0, 0.1) is 0 Å². The third kappa shape index (κ3) is 5.70. The van der Waals surface area contributed by atoms with Gasteiger partial charge in [-0.25, -0.2) is 0 Å². The highest BCUT2D eigenvalue weighted by Gasteiger charge is 2.34. The fourth-order valence-corrected chi connectivity index (χ4v) is 3.89. The van der Waals surface area contributed by atoms with Gasteiger partial charge in [0.05, 0.1) is 5.56 Å². The van der Waals surface area contributed by atoms with Crippen LogP contribution < -0.4 is 10.1 Å². The van der Waals surface area contributed by atoms with E-state index in [2.05, 4.69) is 15.5 Å². The highest BCUT2D eigenvalue weighted by Crippen LogP contribution is 2.35. The number of hydrogen-bond acceptors (Lipinski definition) is 6. The highest BCUT2D eigenvalue weighted by molar-refractivity contribution is 8.00. The molecule has 2 aromatic carbocycles. The van der Waals surface area contributed by atoms with Gasteiger partial charge in [-0.05, 0) is 17.7 Å². The van der Waals surface area contributed by atoms with Gasteiger partial charge in [-0.1, -0.05) is 65.6 Å². The molecule has 0 aliphatic rings. The van der Waals surface area contributed by atoms with Gasteiger partial charge in [0.15, 0.2) is 10.9 Å². The van der Waals surface area contributed by atoms with Crippen LogP contribution in [0.25, 0.3) is 0 Å². The van der Waals surface area contributed by atoms with E-state index in [4.69, 9.17) is 4.74 Å². The van der Waals surface area contributed by atoms with Crippen LogP contribution in [0.2, 0.25) is 0 Å². The zero-order valence-corrected chi connectivity index (χ0v) is 15.9. The molecule has 0 saturated heterocycles. The predicted molar refractivity (Wildman–Crippen MR) is 101 cm³/mol. The second-order valence-electron chi connectivity index (χ2n) is 5.48. The summed E-state index contributed by atoms with van der Waals surface area (Å²) in [5.41, 5.74) is 0.198. The third-order valence-corrected chi connectivity index (χ3v) is 5.45. The minimum Gasteiger partial charge on any atom is -0.483 e. The van der Waals surface area contributed by atoms with Crippen LogP contribution in [-0.2, 0) is 16.7 Å². The minimum absolute atomic E-state index is 0.258. The molecule has 146 valence electrons. The molecule has 1 N–H and O–H groups in total. The zero-order chi connectivity index (χ0) is 20.0. The summed E-state index contributed by atoms with van der Waals surface area (Å²) in [5, 5.41) is 10.6. The first-order valence-electron chi connectivity index (χ1n) is 8.01. The van der Waals surface area contributed by atoms with Crippen molar-refractivity contribution in [2.75, 3.05) is 11.9 Å². The zero-order valence-electron chi connectivity index (χ0n) is 14.3. The number of ether oxygens (including phenoxy) is 1. The first-order chi connectivity index (χ1) is 13.4. The van der Waals surface area contributed by atoms with Crippen molar-refractivity contribution >= 4 is 34.1 Å². The lowest BCUT2D eigenvalue weighted by Crippen LogP contribution is -2.21. The fourth-order valence-electron chi connectivity index (χ4n) is 2.16. The van der Waals surface area contributed by atoms with E-state index < -0.39 is 30.0 Å². The maximum absolute atomic E-state index is 12.9. The number of carbonyl (C=O) groups excluding carboxylic acids is 1. The van der Waals surface area contributed by atoms with Gasteiger partial charge in [-0.3, -0.25) is 10.1 Å². The smallest absolute Gasteiger partial charge is 0.419 e. The van der Waals surface area contributed by atoms with Crippen LogP contribution in [0.15, 0.2) is 58.9 Å². The fraction of sp³-hybridized carbons (Fsp3) is 0.167. The van der Waals surface area contributed by atoms with E-state index in [-0.39, 0.29) is 5.13 Å². The van der Waals surface area contributed by atoms with E-state index in [0.29, 0.717) is 10.1 Å². The lowest BCUT2D eigenvalue weighted by molar-refractivity contribution is -0.139. The van der Waals surface area contributed by atoms with Gasteiger partial charge in [0, 0.05) is 5.75 Å². The second kappa shape index (κ2) is 9.07. The van der Waals surface area contributed by atoms with Crippen molar-refractivity contribution in [1.82, 2.24) is 10.2 Å². The summed E-state index contributed by atoms with van der Waals surface area (Å²) < 4.78 is 44.5. The summed E-state index contributed by atoms with van der Waals surface area (Å²) in [7, 11) is 0. The van der Waals surface area contributed by atoms with Gasteiger partial charge < -0.3 is 4.74 Å². The Morgan fingerprint density at radius 2 is 1.79 bits per heavy atom. The van der Waals surface area contributed by atoms with Crippen molar-refractivity contribution in [3.8, 4) is 5.75 Å². The van der Waals surface area contributed by atoms with E-state index in [9.17, 15) is 18.0 Å². The number of halogens is 3. The number of hydrogen-bond donors (Lipinski definition) is 1. The lowest BCUT2D eigenvalue weighted by atomic mass is 10.2. The van der Waals surface area contributed by atoms with E-state index in [1.54, 1.807) is 0 Å². The van der Waals surface area contributed by atoms with Crippen molar-refractivity contribution in [1.29, 1.82) is 0 Å². The Bertz CT molecular complexity index is 933. The van der Waals surface area contributed by atoms with E-state index in [1.807, 2.05) is 30.3 Å². The molecule has 0 bridgehead atoms. The number of nitrogens with one attached hydrogen (secondary N) is 1.